The highest BCUT2D eigenvalue weighted by molar-refractivity contribution is 6.14. The van der Waals surface area contributed by atoms with Gasteiger partial charge in [-0.3, -0.25) is 0 Å². The minimum atomic E-state index is -0.244. The summed E-state index contributed by atoms with van der Waals surface area (Å²) in [7, 11) is 1.06. The van der Waals surface area contributed by atoms with Crippen molar-refractivity contribution in [3.8, 4) is 0 Å². The third-order valence-corrected chi connectivity index (χ3v) is 4.54. The van der Waals surface area contributed by atoms with Gasteiger partial charge in [-0.1, -0.05) is 6.08 Å². The molecule has 2 atom stereocenters. The van der Waals surface area contributed by atoms with Crippen molar-refractivity contribution in [1.29, 1.82) is 0 Å². The largest absolute Gasteiger partial charge is 0.460 e. The monoisotopic (exact) mass is 256 g/mol. The van der Waals surface area contributed by atoms with Crippen molar-refractivity contribution in [2.75, 3.05) is 6.61 Å². The van der Waals surface area contributed by atoms with E-state index < -0.39 is 0 Å². The van der Waals surface area contributed by atoms with E-state index in [1.54, 1.807) is 6.08 Å². The minimum absolute atomic E-state index is 0.0185. The van der Waals surface area contributed by atoms with E-state index in [1.165, 1.54) is 25.3 Å². The number of hydrogen-bond acceptors (Lipinski definition) is 3. The summed E-state index contributed by atoms with van der Waals surface area (Å²) in [6, 6.07) is 0. The van der Waals surface area contributed by atoms with Gasteiger partial charge >= 0.3 is 5.97 Å². The van der Waals surface area contributed by atoms with E-state index in [2.05, 4.69) is 0 Å². The Bertz CT molecular complexity index is 270. The van der Waals surface area contributed by atoms with Crippen molar-refractivity contribution in [3.63, 3.8) is 0 Å². The summed E-state index contributed by atoms with van der Waals surface area (Å²) in [4.78, 5) is 11.3. The Morgan fingerprint density at radius 3 is 2.94 bits per heavy atom. The molecule has 1 fully saturated rings. The predicted molar refractivity (Wildman–Crippen MR) is 72.1 cm³/mol. The van der Waals surface area contributed by atoms with Crippen LogP contribution in [0.2, 0.25) is 0 Å². The third-order valence-electron chi connectivity index (χ3n) is 3.25. The summed E-state index contributed by atoms with van der Waals surface area (Å²) < 4.78 is 11.1. The Balaban J connectivity index is 2.27. The first kappa shape index (κ1) is 14.4. The topological polar surface area (TPSA) is 35.5 Å². The van der Waals surface area contributed by atoms with E-state index in [0.717, 1.165) is 29.7 Å². The van der Waals surface area contributed by atoms with Crippen molar-refractivity contribution in [2.45, 2.75) is 57.3 Å². The lowest BCUT2D eigenvalue weighted by atomic mass is 10.0. The van der Waals surface area contributed by atoms with Crippen molar-refractivity contribution >= 4 is 16.2 Å². The molecule has 98 valence electrons. The van der Waals surface area contributed by atoms with Crippen molar-refractivity contribution in [2.24, 2.45) is 0 Å². The second-order valence-electron chi connectivity index (χ2n) is 5.04. The van der Waals surface area contributed by atoms with Crippen LogP contribution in [0, 0.1) is 0 Å². The first-order chi connectivity index (χ1) is 8.06. The molecule has 1 saturated heterocycles. The second-order valence-corrected chi connectivity index (χ2v) is 6.86. The molecule has 0 spiro atoms. The fraction of sp³-hybridized carbons (Fsp3) is 0.769. The van der Waals surface area contributed by atoms with Crippen molar-refractivity contribution in [1.82, 2.24) is 0 Å². The molecule has 4 heteroatoms. The number of esters is 1. The van der Waals surface area contributed by atoms with Crippen molar-refractivity contribution in [3.05, 3.63) is 12.2 Å². The molecule has 0 aromatic heterocycles. The van der Waals surface area contributed by atoms with Gasteiger partial charge in [-0.05, 0) is 46.0 Å². The average Bonchev–Trinajstić information content (AvgIpc) is 2.28. The van der Waals surface area contributed by atoms with Crippen molar-refractivity contribution < 1.29 is 14.3 Å². The molecular formula is C13H24O3Si. The Morgan fingerprint density at radius 1 is 1.59 bits per heavy atom. The molecule has 1 aliphatic heterocycles. The average molecular weight is 256 g/mol. The molecular weight excluding hydrogens is 232 g/mol. The first-order valence-corrected chi connectivity index (χ1v) is 7.53. The Labute approximate surface area is 107 Å². The first-order valence-electron chi connectivity index (χ1n) is 6.53. The van der Waals surface area contributed by atoms with Crippen LogP contribution in [0.1, 0.15) is 46.0 Å². The molecule has 0 saturated carbocycles. The van der Waals surface area contributed by atoms with E-state index in [9.17, 15) is 4.79 Å². The molecule has 17 heavy (non-hydrogen) atoms. The van der Waals surface area contributed by atoms with Gasteiger partial charge in [0, 0.05) is 28.1 Å². The van der Waals surface area contributed by atoms with Gasteiger partial charge in [0.15, 0.2) is 0 Å². The number of carbonyl (C=O) groups excluding carboxylic acids is 1. The number of rotatable bonds is 5. The molecule has 1 rings (SSSR count). The minimum Gasteiger partial charge on any atom is -0.460 e. The van der Waals surface area contributed by atoms with Crippen LogP contribution in [0.3, 0.4) is 0 Å². The normalized spacial score (nSPS) is 27.2. The SMILES string of the molecule is CC=CC(=O)OC(C)CCC1([SiH3])CCCCO1. The van der Waals surface area contributed by atoms with Gasteiger partial charge in [0.05, 0.1) is 6.10 Å². The molecule has 1 aliphatic rings. The maximum Gasteiger partial charge on any atom is 0.330 e. The summed E-state index contributed by atoms with van der Waals surface area (Å²) in [5.41, 5.74) is 0. The van der Waals surface area contributed by atoms with E-state index in [1.807, 2.05) is 13.8 Å². The zero-order valence-electron chi connectivity index (χ0n) is 11.2. The highest BCUT2D eigenvalue weighted by atomic mass is 28.1. The molecule has 0 radical (unpaired) electrons. The zero-order valence-corrected chi connectivity index (χ0v) is 13.2. The maximum absolute atomic E-state index is 11.3. The number of ether oxygens (including phenoxy) is 2. The molecule has 0 amide bonds. The number of carbonyl (C=O) groups is 1. The maximum atomic E-state index is 11.3. The van der Waals surface area contributed by atoms with Gasteiger partial charge in [-0.25, -0.2) is 4.79 Å². The van der Waals surface area contributed by atoms with Gasteiger partial charge in [0.25, 0.3) is 0 Å². The molecule has 1 heterocycles. The van der Waals surface area contributed by atoms with Crippen LogP contribution in [-0.4, -0.2) is 34.1 Å². The number of allylic oxidation sites excluding steroid dienone is 1. The van der Waals surface area contributed by atoms with Crippen LogP contribution in [0.25, 0.3) is 0 Å². The smallest absolute Gasteiger partial charge is 0.330 e. The number of hydrogen-bond donors (Lipinski definition) is 0. The summed E-state index contributed by atoms with van der Waals surface area (Å²) in [6.45, 7) is 4.67. The Kier molecular flexibility index (Phi) is 5.92. The van der Waals surface area contributed by atoms with Crippen LogP contribution in [0.5, 0.6) is 0 Å². The molecule has 2 unspecified atom stereocenters. The van der Waals surface area contributed by atoms with Crippen LogP contribution >= 0.6 is 0 Å². The highest BCUT2D eigenvalue weighted by Gasteiger charge is 2.28. The fourth-order valence-corrected chi connectivity index (χ4v) is 2.98. The van der Waals surface area contributed by atoms with Crippen LogP contribution in [0.15, 0.2) is 12.2 Å². The molecule has 0 aromatic rings. The lowest BCUT2D eigenvalue weighted by molar-refractivity contribution is -0.143. The van der Waals surface area contributed by atoms with Gasteiger partial charge in [0.2, 0.25) is 0 Å². The summed E-state index contributed by atoms with van der Waals surface area (Å²) in [5, 5.41) is 0.125. The summed E-state index contributed by atoms with van der Waals surface area (Å²) in [5.74, 6) is -0.244. The van der Waals surface area contributed by atoms with Gasteiger partial charge in [0.1, 0.15) is 0 Å². The predicted octanol–water partition coefficient (Wildman–Crippen LogP) is 1.54. The standard InChI is InChI=1S/C13H24O3Si/c1-3-6-12(14)16-11(2)7-9-13(17)8-4-5-10-15-13/h3,6,11H,4-5,7-10H2,1-2,17H3. The quantitative estimate of drug-likeness (QED) is 0.425. The second kappa shape index (κ2) is 6.96. The highest BCUT2D eigenvalue weighted by Crippen LogP contribution is 2.27. The van der Waals surface area contributed by atoms with Gasteiger partial charge < -0.3 is 9.47 Å². The molecule has 3 nitrogen and oxygen atoms in total. The molecule has 0 N–H and O–H groups in total. The van der Waals surface area contributed by atoms with E-state index >= 15 is 0 Å². The molecule has 0 bridgehead atoms. The zero-order chi connectivity index (χ0) is 12.7. The Morgan fingerprint density at radius 2 is 2.35 bits per heavy atom. The van der Waals surface area contributed by atoms with Gasteiger partial charge in [-0.15, -0.1) is 0 Å². The summed E-state index contributed by atoms with van der Waals surface area (Å²) >= 11 is 0. The lowest BCUT2D eigenvalue weighted by Gasteiger charge is -2.34. The van der Waals surface area contributed by atoms with Crippen LogP contribution in [-0.2, 0) is 14.3 Å². The third kappa shape index (κ3) is 5.50. The Hall–Kier alpha value is -0.613. The van der Waals surface area contributed by atoms with Gasteiger partial charge in [-0.2, -0.15) is 0 Å². The van der Waals surface area contributed by atoms with Crippen LogP contribution < -0.4 is 0 Å². The lowest BCUT2D eigenvalue weighted by Crippen LogP contribution is -2.37. The molecule has 0 aliphatic carbocycles. The fourth-order valence-electron chi connectivity index (χ4n) is 2.13. The summed E-state index contributed by atoms with van der Waals surface area (Å²) in [6.07, 6.45) is 8.70. The van der Waals surface area contributed by atoms with E-state index in [0.29, 0.717) is 0 Å². The van der Waals surface area contributed by atoms with E-state index in [4.69, 9.17) is 9.47 Å². The molecule has 0 aromatic carbocycles. The van der Waals surface area contributed by atoms with E-state index in [-0.39, 0.29) is 17.3 Å². The van der Waals surface area contributed by atoms with Crippen LogP contribution in [0.4, 0.5) is 0 Å².